The molecule has 0 radical (unpaired) electrons. The molecule has 96 valence electrons. The van der Waals surface area contributed by atoms with Crippen LogP contribution in [0.25, 0.3) is 10.9 Å². The highest BCUT2D eigenvalue weighted by atomic mass is 35.5. The summed E-state index contributed by atoms with van der Waals surface area (Å²) >= 11 is 5.75. The number of hydrogen-bond acceptors (Lipinski definition) is 1. The third kappa shape index (κ3) is 2.42. The average molecular weight is 275 g/mol. The van der Waals surface area contributed by atoms with Gasteiger partial charge in [0.25, 0.3) is 0 Å². The van der Waals surface area contributed by atoms with Crippen LogP contribution >= 0.6 is 11.6 Å². The summed E-state index contributed by atoms with van der Waals surface area (Å²) in [5, 5.41) is 4.56. The van der Waals surface area contributed by atoms with E-state index in [1.165, 1.54) is 17.0 Å². The van der Waals surface area contributed by atoms with Crippen molar-refractivity contribution in [2.45, 2.75) is 6.54 Å². The van der Waals surface area contributed by atoms with Crippen LogP contribution in [0.5, 0.6) is 0 Å². The number of aromatic nitrogens is 1. The Morgan fingerprint density at radius 2 is 2.05 bits per heavy atom. The molecule has 2 N–H and O–H groups in total. The first kappa shape index (κ1) is 12.1. The van der Waals surface area contributed by atoms with Gasteiger partial charge in [-0.1, -0.05) is 23.7 Å². The predicted octanol–water partition coefficient (Wildman–Crippen LogP) is 4.57. The van der Waals surface area contributed by atoms with E-state index in [1.54, 1.807) is 12.1 Å². The second kappa shape index (κ2) is 4.94. The van der Waals surface area contributed by atoms with Crippen LogP contribution in [-0.4, -0.2) is 4.98 Å². The molecule has 0 unspecified atom stereocenters. The number of H-pyrrole nitrogens is 1. The SMILES string of the molecule is Fc1ccc(NCc2cccc3[nH]ccc23)cc1Cl. The van der Waals surface area contributed by atoms with Gasteiger partial charge in [0.2, 0.25) is 0 Å². The summed E-state index contributed by atoms with van der Waals surface area (Å²) in [5.74, 6) is -0.403. The fourth-order valence-electron chi connectivity index (χ4n) is 2.11. The van der Waals surface area contributed by atoms with Gasteiger partial charge in [0.1, 0.15) is 5.82 Å². The van der Waals surface area contributed by atoms with Crippen molar-refractivity contribution < 1.29 is 4.39 Å². The van der Waals surface area contributed by atoms with E-state index in [9.17, 15) is 4.39 Å². The van der Waals surface area contributed by atoms with Crippen molar-refractivity contribution >= 4 is 28.2 Å². The Morgan fingerprint density at radius 3 is 2.89 bits per heavy atom. The van der Waals surface area contributed by atoms with E-state index in [-0.39, 0.29) is 5.02 Å². The van der Waals surface area contributed by atoms with Crippen molar-refractivity contribution in [2.75, 3.05) is 5.32 Å². The van der Waals surface area contributed by atoms with Crippen LogP contribution in [-0.2, 0) is 6.54 Å². The van der Waals surface area contributed by atoms with E-state index in [0.29, 0.717) is 6.54 Å². The summed E-state index contributed by atoms with van der Waals surface area (Å²) in [4.78, 5) is 3.18. The molecule has 2 nitrogen and oxygen atoms in total. The Bertz CT molecular complexity index is 721. The molecule has 1 heterocycles. The molecule has 3 rings (SSSR count). The number of rotatable bonds is 3. The van der Waals surface area contributed by atoms with E-state index in [2.05, 4.69) is 16.4 Å². The van der Waals surface area contributed by atoms with Crippen LogP contribution in [0.2, 0.25) is 5.02 Å². The molecule has 0 saturated carbocycles. The van der Waals surface area contributed by atoms with Gasteiger partial charge in [-0.05, 0) is 35.9 Å². The van der Waals surface area contributed by atoms with Gasteiger partial charge < -0.3 is 10.3 Å². The molecule has 0 spiro atoms. The van der Waals surface area contributed by atoms with Crippen LogP contribution in [0.15, 0.2) is 48.7 Å². The third-order valence-electron chi connectivity index (χ3n) is 3.09. The largest absolute Gasteiger partial charge is 0.381 e. The van der Waals surface area contributed by atoms with E-state index in [1.807, 2.05) is 24.4 Å². The zero-order chi connectivity index (χ0) is 13.2. The molecule has 2 aromatic carbocycles. The number of benzene rings is 2. The highest BCUT2D eigenvalue weighted by Gasteiger charge is 2.03. The quantitative estimate of drug-likeness (QED) is 0.719. The van der Waals surface area contributed by atoms with E-state index >= 15 is 0 Å². The molecule has 4 heteroatoms. The van der Waals surface area contributed by atoms with Crippen LogP contribution < -0.4 is 5.32 Å². The second-order valence-corrected chi connectivity index (χ2v) is 4.75. The van der Waals surface area contributed by atoms with Gasteiger partial charge in [0, 0.05) is 29.3 Å². The number of nitrogens with one attached hydrogen (secondary N) is 2. The summed E-state index contributed by atoms with van der Waals surface area (Å²) in [5.41, 5.74) is 3.09. The van der Waals surface area contributed by atoms with Crippen molar-refractivity contribution in [3.63, 3.8) is 0 Å². The fourth-order valence-corrected chi connectivity index (χ4v) is 2.29. The lowest BCUT2D eigenvalue weighted by molar-refractivity contribution is 0.628. The van der Waals surface area contributed by atoms with Crippen LogP contribution in [0.3, 0.4) is 0 Å². The van der Waals surface area contributed by atoms with Crippen molar-refractivity contribution in [3.05, 3.63) is 65.1 Å². The van der Waals surface area contributed by atoms with Crippen molar-refractivity contribution in [3.8, 4) is 0 Å². The van der Waals surface area contributed by atoms with Crippen LogP contribution in [0.4, 0.5) is 10.1 Å². The Hall–Kier alpha value is -2.00. The smallest absolute Gasteiger partial charge is 0.141 e. The highest BCUT2D eigenvalue weighted by molar-refractivity contribution is 6.31. The van der Waals surface area contributed by atoms with E-state index in [0.717, 1.165) is 11.2 Å². The maximum Gasteiger partial charge on any atom is 0.141 e. The summed E-state index contributed by atoms with van der Waals surface area (Å²) in [6.07, 6.45) is 1.92. The summed E-state index contributed by atoms with van der Waals surface area (Å²) < 4.78 is 13.1. The lowest BCUT2D eigenvalue weighted by Gasteiger charge is -2.08. The predicted molar refractivity (Wildman–Crippen MR) is 77.0 cm³/mol. The number of aromatic amines is 1. The fraction of sp³-hybridized carbons (Fsp3) is 0.0667. The van der Waals surface area contributed by atoms with Crippen molar-refractivity contribution in [1.29, 1.82) is 0 Å². The topological polar surface area (TPSA) is 27.8 Å². The zero-order valence-electron chi connectivity index (χ0n) is 10.1. The first-order valence-corrected chi connectivity index (χ1v) is 6.36. The molecule has 3 aromatic rings. The molecular weight excluding hydrogens is 263 g/mol. The molecule has 0 fully saturated rings. The van der Waals surface area contributed by atoms with E-state index in [4.69, 9.17) is 11.6 Å². The number of hydrogen-bond donors (Lipinski definition) is 2. The van der Waals surface area contributed by atoms with Gasteiger partial charge in [-0.3, -0.25) is 0 Å². The molecule has 0 amide bonds. The second-order valence-electron chi connectivity index (χ2n) is 4.34. The van der Waals surface area contributed by atoms with Gasteiger partial charge in [0.15, 0.2) is 0 Å². The van der Waals surface area contributed by atoms with Gasteiger partial charge >= 0.3 is 0 Å². The molecule has 0 saturated heterocycles. The first-order valence-electron chi connectivity index (χ1n) is 5.98. The monoisotopic (exact) mass is 274 g/mol. The van der Waals surface area contributed by atoms with Crippen LogP contribution in [0, 0.1) is 5.82 Å². The normalized spacial score (nSPS) is 10.8. The number of fused-ring (bicyclic) bond motifs is 1. The molecule has 0 bridgehead atoms. The van der Waals surface area contributed by atoms with Gasteiger partial charge in [0.05, 0.1) is 5.02 Å². The zero-order valence-corrected chi connectivity index (χ0v) is 10.8. The minimum atomic E-state index is -0.403. The van der Waals surface area contributed by atoms with Gasteiger partial charge in [-0.25, -0.2) is 4.39 Å². The molecule has 0 aliphatic rings. The lowest BCUT2D eigenvalue weighted by atomic mass is 10.1. The van der Waals surface area contributed by atoms with Gasteiger partial charge in [-0.15, -0.1) is 0 Å². The molecule has 1 aromatic heterocycles. The lowest BCUT2D eigenvalue weighted by Crippen LogP contribution is -1.99. The Balaban J connectivity index is 1.82. The van der Waals surface area contributed by atoms with Crippen LogP contribution in [0.1, 0.15) is 5.56 Å². The Labute approximate surface area is 115 Å². The standard InChI is InChI=1S/C15H12ClFN2/c16-13-8-11(4-5-14(13)17)19-9-10-2-1-3-15-12(10)6-7-18-15/h1-8,18-19H,9H2. The van der Waals surface area contributed by atoms with E-state index < -0.39 is 5.82 Å². The van der Waals surface area contributed by atoms with Gasteiger partial charge in [-0.2, -0.15) is 0 Å². The Kier molecular flexibility index (Phi) is 3.13. The molecule has 0 aliphatic heterocycles. The minimum absolute atomic E-state index is 0.129. The molecular formula is C15H12ClFN2. The van der Waals surface area contributed by atoms with Crippen molar-refractivity contribution in [2.24, 2.45) is 0 Å². The minimum Gasteiger partial charge on any atom is -0.381 e. The first-order chi connectivity index (χ1) is 9.24. The third-order valence-corrected chi connectivity index (χ3v) is 3.38. The maximum atomic E-state index is 13.1. The number of anilines is 1. The number of halogens is 2. The average Bonchev–Trinajstić information content (AvgIpc) is 2.89. The highest BCUT2D eigenvalue weighted by Crippen LogP contribution is 2.22. The molecule has 0 aliphatic carbocycles. The summed E-state index contributed by atoms with van der Waals surface area (Å²) in [6, 6.07) is 12.8. The van der Waals surface area contributed by atoms with Crippen molar-refractivity contribution in [1.82, 2.24) is 4.98 Å². The molecule has 19 heavy (non-hydrogen) atoms. The summed E-state index contributed by atoms with van der Waals surface area (Å²) in [7, 11) is 0. The molecule has 0 atom stereocenters. The summed E-state index contributed by atoms with van der Waals surface area (Å²) in [6.45, 7) is 0.664. The maximum absolute atomic E-state index is 13.1. The Morgan fingerprint density at radius 1 is 1.16 bits per heavy atom.